The van der Waals surface area contributed by atoms with E-state index in [1.54, 1.807) is 18.2 Å². The van der Waals surface area contributed by atoms with Gasteiger partial charge in [-0.2, -0.15) is 0 Å². The minimum Gasteiger partial charge on any atom is -0.507 e. The van der Waals surface area contributed by atoms with Crippen LogP contribution in [0.3, 0.4) is 0 Å². The minimum absolute atomic E-state index is 0.196. The standard InChI is InChI=1S/C13H15N3O.C2H6/c1-8(2)10-7-11(15-16-13(10)14)9-5-3-4-6-12(9)17;1-2/h3-8,17H,1-2H3,(H2,14,16);1-2H3. The normalized spacial score (nSPS) is 9.95. The number of phenolic OH excluding ortho intramolecular Hbond substituents is 1. The Morgan fingerprint density at radius 2 is 1.74 bits per heavy atom. The van der Waals surface area contributed by atoms with Gasteiger partial charge in [-0.05, 0) is 24.1 Å². The van der Waals surface area contributed by atoms with Crippen molar-refractivity contribution >= 4 is 5.82 Å². The van der Waals surface area contributed by atoms with Crippen molar-refractivity contribution in [3.8, 4) is 17.0 Å². The molecule has 0 saturated carbocycles. The van der Waals surface area contributed by atoms with Gasteiger partial charge < -0.3 is 10.8 Å². The van der Waals surface area contributed by atoms with Crippen molar-refractivity contribution in [1.82, 2.24) is 10.2 Å². The first-order chi connectivity index (χ1) is 9.09. The molecule has 0 saturated heterocycles. The van der Waals surface area contributed by atoms with Crippen LogP contribution in [0, 0.1) is 0 Å². The van der Waals surface area contributed by atoms with Crippen LogP contribution >= 0.6 is 0 Å². The summed E-state index contributed by atoms with van der Waals surface area (Å²) in [6.45, 7) is 8.09. The molecule has 2 rings (SSSR count). The van der Waals surface area contributed by atoms with Gasteiger partial charge in [0, 0.05) is 11.1 Å². The fraction of sp³-hybridized carbons (Fsp3) is 0.333. The van der Waals surface area contributed by atoms with Crippen molar-refractivity contribution < 1.29 is 5.11 Å². The number of rotatable bonds is 2. The number of hydrogen-bond donors (Lipinski definition) is 2. The SMILES string of the molecule is CC.CC(C)c1cc(-c2ccccc2O)nnc1N. The lowest BCUT2D eigenvalue weighted by Crippen LogP contribution is -2.02. The topological polar surface area (TPSA) is 72.0 Å². The number of anilines is 1. The zero-order chi connectivity index (χ0) is 14.4. The minimum atomic E-state index is 0.196. The van der Waals surface area contributed by atoms with E-state index in [1.807, 2.05) is 39.8 Å². The summed E-state index contributed by atoms with van der Waals surface area (Å²) in [5.74, 6) is 0.913. The Labute approximate surface area is 114 Å². The van der Waals surface area contributed by atoms with Crippen LogP contribution in [-0.4, -0.2) is 15.3 Å². The first-order valence-corrected chi connectivity index (χ1v) is 6.51. The van der Waals surface area contributed by atoms with Crippen LogP contribution in [0.25, 0.3) is 11.3 Å². The van der Waals surface area contributed by atoms with E-state index in [4.69, 9.17) is 5.73 Å². The molecule has 4 heteroatoms. The van der Waals surface area contributed by atoms with Crippen LogP contribution in [0.5, 0.6) is 5.75 Å². The molecule has 0 radical (unpaired) electrons. The van der Waals surface area contributed by atoms with Gasteiger partial charge in [-0.1, -0.05) is 39.8 Å². The van der Waals surface area contributed by atoms with Gasteiger partial charge in [0.05, 0.1) is 5.69 Å². The van der Waals surface area contributed by atoms with Crippen molar-refractivity contribution in [1.29, 1.82) is 0 Å². The van der Waals surface area contributed by atoms with E-state index in [2.05, 4.69) is 10.2 Å². The van der Waals surface area contributed by atoms with Gasteiger partial charge >= 0.3 is 0 Å². The van der Waals surface area contributed by atoms with Crippen molar-refractivity contribution in [2.75, 3.05) is 5.73 Å². The molecule has 0 aliphatic rings. The summed E-state index contributed by atoms with van der Waals surface area (Å²) >= 11 is 0. The molecule has 1 aromatic carbocycles. The number of nitrogens with two attached hydrogens (primary N) is 1. The number of para-hydroxylation sites is 1. The quantitative estimate of drug-likeness (QED) is 0.864. The number of phenols is 1. The second-order valence-corrected chi connectivity index (χ2v) is 4.24. The fourth-order valence-electron chi connectivity index (χ4n) is 1.70. The Kier molecular flexibility index (Phi) is 5.30. The molecule has 102 valence electrons. The molecule has 0 unspecified atom stereocenters. The van der Waals surface area contributed by atoms with E-state index < -0.39 is 0 Å². The lowest BCUT2D eigenvalue weighted by molar-refractivity contribution is 0.477. The molecule has 19 heavy (non-hydrogen) atoms. The Hall–Kier alpha value is -2.10. The van der Waals surface area contributed by atoms with Crippen LogP contribution < -0.4 is 5.73 Å². The highest BCUT2D eigenvalue weighted by Crippen LogP contribution is 2.29. The molecular weight excluding hydrogens is 238 g/mol. The van der Waals surface area contributed by atoms with Gasteiger partial charge in [0.1, 0.15) is 11.6 Å². The zero-order valence-electron chi connectivity index (χ0n) is 11.9. The largest absolute Gasteiger partial charge is 0.507 e. The fourth-order valence-corrected chi connectivity index (χ4v) is 1.70. The first-order valence-electron chi connectivity index (χ1n) is 6.51. The zero-order valence-corrected chi connectivity index (χ0v) is 11.9. The number of nitrogen functional groups attached to an aromatic ring is 1. The molecule has 0 amide bonds. The molecule has 0 spiro atoms. The lowest BCUT2D eigenvalue weighted by atomic mass is 10.0. The Morgan fingerprint density at radius 1 is 1.11 bits per heavy atom. The molecule has 0 atom stereocenters. The Morgan fingerprint density at radius 3 is 2.32 bits per heavy atom. The van der Waals surface area contributed by atoms with Crippen LogP contribution in [0.2, 0.25) is 0 Å². The molecule has 0 aliphatic carbocycles. The van der Waals surface area contributed by atoms with Gasteiger partial charge in [-0.25, -0.2) is 0 Å². The maximum absolute atomic E-state index is 9.76. The third-order valence-corrected chi connectivity index (χ3v) is 2.66. The van der Waals surface area contributed by atoms with E-state index in [0.29, 0.717) is 17.1 Å². The predicted molar refractivity (Wildman–Crippen MR) is 79.0 cm³/mol. The number of hydrogen-bond acceptors (Lipinski definition) is 4. The molecule has 0 bridgehead atoms. The van der Waals surface area contributed by atoms with Gasteiger partial charge in [0.15, 0.2) is 0 Å². The van der Waals surface area contributed by atoms with Crippen LogP contribution in [0.4, 0.5) is 5.82 Å². The second kappa shape index (κ2) is 6.73. The molecular formula is C15H21N3O. The highest BCUT2D eigenvalue weighted by Gasteiger charge is 2.11. The van der Waals surface area contributed by atoms with E-state index in [-0.39, 0.29) is 11.7 Å². The molecule has 2 aromatic rings. The van der Waals surface area contributed by atoms with E-state index in [0.717, 1.165) is 5.56 Å². The summed E-state index contributed by atoms with van der Waals surface area (Å²) in [6, 6.07) is 8.93. The van der Waals surface area contributed by atoms with Gasteiger partial charge in [0.25, 0.3) is 0 Å². The van der Waals surface area contributed by atoms with E-state index >= 15 is 0 Å². The van der Waals surface area contributed by atoms with Crippen LogP contribution in [-0.2, 0) is 0 Å². The molecule has 1 aromatic heterocycles. The third-order valence-electron chi connectivity index (χ3n) is 2.66. The Bertz CT molecular complexity index is 539. The van der Waals surface area contributed by atoms with Crippen molar-refractivity contribution in [3.05, 3.63) is 35.9 Å². The second-order valence-electron chi connectivity index (χ2n) is 4.24. The number of aromatic nitrogens is 2. The number of benzene rings is 1. The molecule has 0 aliphatic heterocycles. The highest BCUT2D eigenvalue weighted by molar-refractivity contribution is 5.67. The summed E-state index contributed by atoms with van der Waals surface area (Å²) in [5.41, 5.74) is 8.02. The maximum atomic E-state index is 9.76. The Balaban J connectivity index is 0.000000861. The van der Waals surface area contributed by atoms with E-state index in [9.17, 15) is 5.11 Å². The molecule has 3 N–H and O–H groups in total. The van der Waals surface area contributed by atoms with Gasteiger partial charge in [-0.15, -0.1) is 10.2 Å². The van der Waals surface area contributed by atoms with Crippen LogP contribution in [0.15, 0.2) is 30.3 Å². The summed E-state index contributed by atoms with van der Waals surface area (Å²) in [4.78, 5) is 0. The average Bonchev–Trinajstić information content (AvgIpc) is 2.42. The summed E-state index contributed by atoms with van der Waals surface area (Å²) in [6.07, 6.45) is 0. The lowest BCUT2D eigenvalue weighted by Gasteiger charge is -2.10. The molecule has 4 nitrogen and oxygen atoms in total. The van der Waals surface area contributed by atoms with Crippen LogP contribution in [0.1, 0.15) is 39.2 Å². The van der Waals surface area contributed by atoms with Gasteiger partial charge in [-0.3, -0.25) is 0 Å². The third kappa shape index (κ3) is 3.44. The molecule has 1 heterocycles. The molecule has 0 fully saturated rings. The summed E-state index contributed by atoms with van der Waals surface area (Å²) < 4.78 is 0. The van der Waals surface area contributed by atoms with Gasteiger partial charge in [0.2, 0.25) is 0 Å². The maximum Gasteiger partial charge on any atom is 0.149 e. The first kappa shape index (κ1) is 15.0. The van der Waals surface area contributed by atoms with Crippen molar-refractivity contribution in [2.45, 2.75) is 33.6 Å². The number of nitrogens with zero attached hydrogens (tertiary/aromatic N) is 2. The predicted octanol–water partition coefficient (Wildman–Crippen LogP) is 3.58. The average molecular weight is 259 g/mol. The highest BCUT2D eigenvalue weighted by atomic mass is 16.3. The summed E-state index contributed by atoms with van der Waals surface area (Å²) in [7, 11) is 0. The van der Waals surface area contributed by atoms with Crippen molar-refractivity contribution in [2.24, 2.45) is 0 Å². The smallest absolute Gasteiger partial charge is 0.149 e. The summed E-state index contributed by atoms with van der Waals surface area (Å²) in [5, 5.41) is 17.7. The monoisotopic (exact) mass is 259 g/mol. The van der Waals surface area contributed by atoms with E-state index in [1.165, 1.54) is 0 Å². The number of aromatic hydroxyl groups is 1. The van der Waals surface area contributed by atoms with Crippen molar-refractivity contribution in [3.63, 3.8) is 0 Å².